The molecule has 18 heavy (non-hydrogen) atoms. The zero-order chi connectivity index (χ0) is 12.8. The molecule has 0 saturated carbocycles. The van der Waals surface area contributed by atoms with Crippen molar-refractivity contribution in [3.63, 3.8) is 0 Å². The van der Waals surface area contributed by atoms with Gasteiger partial charge in [0.1, 0.15) is 6.61 Å². The van der Waals surface area contributed by atoms with Crippen LogP contribution in [-0.2, 0) is 9.53 Å². The molecule has 0 aliphatic carbocycles. The first-order valence-electron chi connectivity index (χ1n) is 6.12. The Kier molecular flexibility index (Phi) is 4.99. The summed E-state index contributed by atoms with van der Waals surface area (Å²) in [6.45, 7) is 1.96. The Balaban J connectivity index is 1.73. The summed E-state index contributed by atoms with van der Waals surface area (Å²) >= 11 is 5.77. The highest BCUT2D eigenvalue weighted by Crippen LogP contribution is 2.13. The number of amides is 1. The first-order chi connectivity index (χ1) is 8.74. The summed E-state index contributed by atoms with van der Waals surface area (Å²) in [5, 5.41) is 6.66. The van der Waals surface area contributed by atoms with Crippen LogP contribution in [0.4, 0.5) is 5.69 Å². The highest BCUT2D eigenvalue weighted by molar-refractivity contribution is 6.30. The second-order valence-electron chi connectivity index (χ2n) is 4.33. The average molecular weight is 269 g/mol. The van der Waals surface area contributed by atoms with Crippen molar-refractivity contribution in [3.05, 3.63) is 29.3 Å². The maximum absolute atomic E-state index is 11.7. The van der Waals surface area contributed by atoms with Gasteiger partial charge >= 0.3 is 0 Å². The van der Waals surface area contributed by atoms with Crippen LogP contribution in [0.2, 0.25) is 5.02 Å². The molecule has 1 unspecified atom stereocenters. The van der Waals surface area contributed by atoms with E-state index in [0.29, 0.717) is 5.02 Å². The van der Waals surface area contributed by atoms with Crippen LogP contribution in [0.25, 0.3) is 0 Å². The van der Waals surface area contributed by atoms with Crippen LogP contribution in [0.1, 0.15) is 12.8 Å². The Morgan fingerprint density at radius 3 is 2.89 bits per heavy atom. The van der Waals surface area contributed by atoms with Gasteiger partial charge in [-0.15, -0.1) is 0 Å². The summed E-state index contributed by atoms with van der Waals surface area (Å²) < 4.78 is 5.54. The number of piperidine rings is 1. The lowest BCUT2D eigenvalue weighted by Gasteiger charge is -2.22. The zero-order valence-electron chi connectivity index (χ0n) is 10.1. The predicted octanol–water partition coefficient (Wildman–Crippen LogP) is 2.05. The van der Waals surface area contributed by atoms with Crippen LogP contribution in [0.15, 0.2) is 24.3 Å². The average Bonchev–Trinajstić information content (AvgIpc) is 2.40. The third-order valence-electron chi connectivity index (χ3n) is 2.83. The van der Waals surface area contributed by atoms with Crippen molar-refractivity contribution in [2.75, 3.05) is 25.0 Å². The van der Waals surface area contributed by atoms with Gasteiger partial charge in [-0.3, -0.25) is 4.79 Å². The Hall–Kier alpha value is -1.10. The molecule has 1 heterocycles. The molecule has 0 aromatic heterocycles. The molecule has 1 fully saturated rings. The van der Waals surface area contributed by atoms with Gasteiger partial charge in [0.2, 0.25) is 5.91 Å². The van der Waals surface area contributed by atoms with E-state index in [2.05, 4.69) is 10.6 Å². The van der Waals surface area contributed by atoms with Gasteiger partial charge in [0.25, 0.3) is 0 Å². The minimum absolute atomic E-state index is 0.0922. The Morgan fingerprint density at radius 1 is 1.44 bits per heavy atom. The van der Waals surface area contributed by atoms with Gasteiger partial charge in [0.05, 0.1) is 6.10 Å². The number of hydrogen-bond acceptors (Lipinski definition) is 3. The first-order valence-corrected chi connectivity index (χ1v) is 6.49. The van der Waals surface area contributed by atoms with Gasteiger partial charge < -0.3 is 15.4 Å². The molecular formula is C13H17ClN2O2. The number of carbonyl (C=O) groups is 1. The molecule has 1 atom stereocenters. The van der Waals surface area contributed by atoms with Crippen molar-refractivity contribution >= 4 is 23.2 Å². The van der Waals surface area contributed by atoms with Crippen LogP contribution >= 0.6 is 11.6 Å². The third kappa shape index (κ3) is 4.29. The molecule has 2 N–H and O–H groups in total. The van der Waals surface area contributed by atoms with Crippen molar-refractivity contribution in [3.8, 4) is 0 Å². The van der Waals surface area contributed by atoms with E-state index in [-0.39, 0.29) is 18.6 Å². The summed E-state index contributed by atoms with van der Waals surface area (Å²) in [4.78, 5) is 11.7. The Morgan fingerprint density at radius 2 is 2.22 bits per heavy atom. The van der Waals surface area contributed by atoms with E-state index in [1.54, 1.807) is 24.3 Å². The first kappa shape index (κ1) is 13.3. The van der Waals surface area contributed by atoms with E-state index in [9.17, 15) is 4.79 Å². The molecule has 1 saturated heterocycles. The highest BCUT2D eigenvalue weighted by Gasteiger charge is 2.14. The molecule has 4 nitrogen and oxygen atoms in total. The highest BCUT2D eigenvalue weighted by atomic mass is 35.5. The van der Waals surface area contributed by atoms with E-state index in [0.717, 1.165) is 31.6 Å². The van der Waals surface area contributed by atoms with Crippen molar-refractivity contribution in [2.45, 2.75) is 18.9 Å². The summed E-state index contributed by atoms with van der Waals surface area (Å²) in [7, 11) is 0. The van der Waals surface area contributed by atoms with Crippen LogP contribution < -0.4 is 10.6 Å². The number of carbonyl (C=O) groups excluding carboxylic acids is 1. The van der Waals surface area contributed by atoms with Gasteiger partial charge in [-0.2, -0.15) is 0 Å². The molecule has 0 bridgehead atoms. The normalized spacial score (nSPS) is 19.5. The number of benzene rings is 1. The molecule has 0 spiro atoms. The maximum Gasteiger partial charge on any atom is 0.250 e. The van der Waals surface area contributed by atoms with E-state index < -0.39 is 0 Å². The van der Waals surface area contributed by atoms with E-state index in [1.165, 1.54) is 0 Å². The molecule has 5 heteroatoms. The minimum atomic E-state index is -0.136. The van der Waals surface area contributed by atoms with Gasteiger partial charge in [-0.25, -0.2) is 0 Å². The largest absolute Gasteiger partial charge is 0.367 e. The second-order valence-corrected chi connectivity index (χ2v) is 4.77. The standard InChI is InChI=1S/C13H17ClN2O2/c14-10-3-5-11(6-4-10)16-13(17)9-18-12-2-1-7-15-8-12/h3-6,12,15H,1-2,7-9H2,(H,16,17). The topological polar surface area (TPSA) is 50.4 Å². The fourth-order valence-electron chi connectivity index (χ4n) is 1.89. The van der Waals surface area contributed by atoms with Gasteiger partial charge in [-0.05, 0) is 43.7 Å². The monoisotopic (exact) mass is 268 g/mol. The van der Waals surface area contributed by atoms with Gasteiger partial charge in [0.15, 0.2) is 0 Å². The molecule has 1 amide bonds. The second kappa shape index (κ2) is 6.73. The van der Waals surface area contributed by atoms with E-state index >= 15 is 0 Å². The van der Waals surface area contributed by atoms with E-state index in [4.69, 9.17) is 16.3 Å². The number of nitrogens with one attached hydrogen (secondary N) is 2. The quantitative estimate of drug-likeness (QED) is 0.879. The van der Waals surface area contributed by atoms with Crippen molar-refractivity contribution in [1.82, 2.24) is 5.32 Å². The van der Waals surface area contributed by atoms with Crippen LogP contribution in [0.3, 0.4) is 0 Å². The maximum atomic E-state index is 11.7. The summed E-state index contributed by atoms with van der Waals surface area (Å²) in [5.74, 6) is -0.136. The molecule has 2 rings (SSSR count). The predicted molar refractivity (Wildman–Crippen MR) is 71.9 cm³/mol. The molecule has 1 aliphatic rings. The number of ether oxygens (including phenoxy) is 1. The van der Waals surface area contributed by atoms with Crippen LogP contribution in [0, 0.1) is 0 Å². The third-order valence-corrected chi connectivity index (χ3v) is 3.08. The SMILES string of the molecule is O=C(COC1CCCNC1)Nc1ccc(Cl)cc1. The van der Waals surface area contributed by atoms with Crippen LogP contribution in [-0.4, -0.2) is 31.7 Å². The minimum Gasteiger partial charge on any atom is -0.367 e. The summed E-state index contributed by atoms with van der Waals surface area (Å²) in [5.41, 5.74) is 0.731. The fourth-order valence-corrected chi connectivity index (χ4v) is 2.01. The number of anilines is 1. The molecule has 98 valence electrons. The molecule has 1 aliphatic heterocycles. The molecule has 1 aromatic rings. The number of hydrogen-bond donors (Lipinski definition) is 2. The van der Waals surface area contributed by atoms with Crippen LogP contribution in [0.5, 0.6) is 0 Å². The van der Waals surface area contributed by atoms with E-state index in [1.807, 2.05) is 0 Å². The lowest BCUT2D eigenvalue weighted by atomic mass is 10.1. The van der Waals surface area contributed by atoms with Gasteiger partial charge in [-0.1, -0.05) is 11.6 Å². The smallest absolute Gasteiger partial charge is 0.250 e. The van der Waals surface area contributed by atoms with Crippen molar-refractivity contribution in [2.24, 2.45) is 0 Å². The number of halogens is 1. The zero-order valence-corrected chi connectivity index (χ0v) is 10.9. The molecular weight excluding hydrogens is 252 g/mol. The lowest BCUT2D eigenvalue weighted by molar-refractivity contribution is -0.122. The van der Waals surface area contributed by atoms with Crippen molar-refractivity contribution < 1.29 is 9.53 Å². The summed E-state index contributed by atoms with van der Waals surface area (Å²) in [6, 6.07) is 7.01. The fraction of sp³-hybridized carbons (Fsp3) is 0.462. The molecule has 1 aromatic carbocycles. The lowest BCUT2D eigenvalue weighted by Crippen LogP contribution is -2.37. The molecule has 0 radical (unpaired) electrons. The summed E-state index contributed by atoms with van der Waals surface area (Å²) in [6.07, 6.45) is 2.26. The Bertz CT molecular complexity index is 388. The van der Waals surface area contributed by atoms with Gasteiger partial charge in [0, 0.05) is 17.3 Å². The van der Waals surface area contributed by atoms with Crippen molar-refractivity contribution in [1.29, 1.82) is 0 Å². The number of rotatable bonds is 4. The Labute approximate surface area is 112 Å².